The van der Waals surface area contributed by atoms with E-state index in [1.54, 1.807) is 6.07 Å². The average Bonchev–Trinajstić information content (AvgIpc) is 3.03. The number of carbonyl (C=O) groups is 2. The smallest absolute Gasteiger partial charge is 0.319 e. The van der Waals surface area contributed by atoms with E-state index in [1.807, 2.05) is 12.1 Å². The Kier molecular flexibility index (Phi) is 2.38. The van der Waals surface area contributed by atoms with Crippen LogP contribution >= 0.6 is 0 Å². The number of benzene rings is 1. The number of carboxylic acid groups (broad SMARTS) is 1. The molecule has 1 fully saturated rings. The molecule has 1 aliphatic heterocycles. The Morgan fingerprint density at radius 3 is 2.61 bits per heavy atom. The number of carbonyl (C=O) groups excluding carboxylic acids is 1. The average molecular weight is 247 g/mol. The first-order valence-corrected chi connectivity index (χ1v) is 5.86. The topological polar surface area (TPSA) is 75.6 Å². The minimum Gasteiger partial charge on any atom is -0.480 e. The van der Waals surface area contributed by atoms with Crippen LogP contribution in [0.1, 0.15) is 24.0 Å². The van der Waals surface area contributed by atoms with Crippen LogP contribution in [0.5, 0.6) is 0 Å². The van der Waals surface area contributed by atoms with Gasteiger partial charge in [0.05, 0.1) is 13.2 Å². The summed E-state index contributed by atoms with van der Waals surface area (Å²) < 4.78 is 5.29. The van der Waals surface area contributed by atoms with Gasteiger partial charge in [0, 0.05) is 5.69 Å². The predicted octanol–water partition coefficient (Wildman–Crippen LogP) is 1.52. The van der Waals surface area contributed by atoms with Crippen molar-refractivity contribution in [1.82, 2.24) is 0 Å². The van der Waals surface area contributed by atoms with E-state index in [2.05, 4.69) is 5.32 Å². The number of carboxylic acids is 1. The number of anilines is 1. The van der Waals surface area contributed by atoms with Gasteiger partial charge in [0.15, 0.2) is 0 Å². The van der Waals surface area contributed by atoms with E-state index in [0.717, 1.165) is 11.1 Å². The molecule has 2 N–H and O–H groups in total. The van der Waals surface area contributed by atoms with Crippen molar-refractivity contribution in [2.75, 3.05) is 5.32 Å². The Balaban J connectivity index is 1.77. The molecule has 0 aromatic heterocycles. The summed E-state index contributed by atoms with van der Waals surface area (Å²) in [5.74, 6) is -1.46. The summed E-state index contributed by atoms with van der Waals surface area (Å²) in [6, 6.07) is 5.53. The highest BCUT2D eigenvalue weighted by Crippen LogP contribution is 2.46. The maximum Gasteiger partial charge on any atom is 0.319 e. The summed E-state index contributed by atoms with van der Waals surface area (Å²) in [6.45, 7) is 1.14. The lowest BCUT2D eigenvalue weighted by molar-refractivity contribution is -0.147. The maximum absolute atomic E-state index is 11.9. The molecule has 0 atom stereocenters. The van der Waals surface area contributed by atoms with Crippen molar-refractivity contribution in [3.05, 3.63) is 29.3 Å². The van der Waals surface area contributed by atoms with Crippen LogP contribution in [0.3, 0.4) is 0 Å². The molecule has 1 aromatic carbocycles. The number of hydrogen-bond acceptors (Lipinski definition) is 3. The number of ether oxygens (including phenoxy) is 1. The monoisotopic (exact) mass is 247 g/mol. The molecule has 0 saturated heterocycles. The molecule has 1 amide bonds. The number of amides is 1. The lowest BCUT2D eigenvalue weighted by Crippen LogP contribution is -2.31. The second-order valence-electron chi connectivity index (χ2n) is 4.82. The van der Waals surface area contributed by atoms with Crippen LogP contribution in [0.25, 0.3) is 0 Å². The van der Waals surface area contributed by atoms with E-state index in [9.17, 15) is 9.59 Å². The molecule has 3 rings (SSSR count). The molecule has 1 heterocycles. The molecule has 1 aromatic rings. The summed E-state index contributed by atoms with van der Waals surface area (Å²) in [6.07, 6.45) is 0.838. The van der Waals surface area contributed by atoms with Crippen molar-refractivity contribution in [2.45, 2.75) is 26.1 Å². The van der Waals surface area contributed by atoms with Crippen LogP contribution in [0.4, 0.5) is 5.69 Å². The molecule has 0 unspecified atom stereocenters. The fourth-order valence-electron chi connectivity index (χ4n) is 2.16. The fourth-order valence-corrected chi connectivity index (χ4v) is 2.16. The van der Waals surface area contributed by atoms with Gasteiger partial charge in [-0.2, -0.15) is 0 Å². The van der Waals surface area contributed by atoms with Gasteiger partial charge in [-0.15, -0.1) is 0 Å². The first-order chi connectivity index (χ1) is 8.62. The van der Waals surface area contributed by atoms with Crippen LogP contribution in [0.15, 0.2) is 18.2 Å². The predicted molar refractivity (Wildman–Crippen MR) is 62.9 cm³/mol. The number of hydrogen-bond donors (Lipinski definition) is 2. The van der Waals surface area contributed by atoms with Crippen LogP contribution in [-0.2, 0) is 27.5 Å². The summed E-state index contributed by atoms with van der Waals surface area (Å²) in [5.41, 5.74) is 1.60. The zero-order chi connectivity index (χ0) is 12.8. The highest BCUT2D eigenvalue weighted by Gasteiger charge is 2.57. The van der Waals surface area contributed by atoms with Crippen molar-refractivity contribution in [2.24, 2.45) is 5.41 Å². The van der Waals surface area contributed by atoms with Gasteiger partial charge in [-0.25, -0.2) is 0 Å². The molecule has 18 heavy (non-hydrogen) atoms. The first kappa shape index (κ1) is 11.2. The molecule has 94 valence electrons. The van der Waals surface area contributed by atoms with E-state index in [4.69, 9.17) is 9.84 Å². The molecule has 0 radical (unpaired) electrons. The normalized spacial score (nSPS) is 19.1. The zero-order valence-corrected chi connectivity index (χ0v) is 9.73. The number of aliphatic carboxylic acids is 1. The molecular formula is C13H13NO4. The third kappa shape index (κ3) is 1.67. The van der Waals surface area contributed by atoms with Crippen molar-refractivity contribution >= 4 is 17.6 Å². The van der Waals surface area contributed by atoms with Gasteiger partial charge < -0.3 is 15.2 Å². The second kappa shape index (κ2) is 3.81. The summed E-state index contributed by atoms with van der Waals surface area (Å²) in [5, 5.41) is 11.7. The molecule has 1 saturated carbocycles. The Morgan fingerprint density at radius 1 is 1.22 bits per heavy atom. The molecule has 5 heteroatoms. The minimum absolute atomic E-state index is 0.419. The lowest BCUT2D eigenvalue weighted by Gasteiger charge is -2.11. The molecule has 0 bridgehead atoms. The SMILES string of the molecule is O=C(O)C1(C(=O)Nc2ccc3c(c2)COC3)CC1. The van der Waals surface area contributed by atoms with Gasteiger partial charge in [0.2, 0.25) is 5.91 Å². The van der Waals surface area contributed by atoms with E-state index in [0.29, 0.717) is 31.7 Å². The van der Waals surface area contributed by atoms with E-state index in [1.165, 1.54) is 0 Å². The van der Waals surface area contributed by atoms with Gasteiger partial charge in [-0.3, -0.25) is 9.59 Å². The Bertz CT molecular complexity index is 534. The number of rotatable bonds is 3. The van der Waals surface area contributed by atoms with Crippen LogP contribution < -0.4 is 5.32 Å². The summed E-state index contributed by atoms with van der Waals surface area (Å²) in [7, 11) is 0. The molecule has 2 aliphatic rings. The summed E-state index contributed by atoms with van der Waals surface area (Å²) >= 11 is 0. The summed E-state index contributed by atoms with van der Waals surface area (Å²) in [4.78, 5) is 22.9. The van der Waals surface area contributed by atoms with Crippen LogP contribution in [0.2, 0.25) is 0 Å². The van der Waals surface area contributed by atoms with Crippen molar-refractivity contribution in [3.8, 4) is 0 Å². The molecular weight excluding hydrogens is 234 g/mol. The lowest BCUT2D eigenvalue weighted by atomic mass is 10.1. The van der Waals surface area contributed by atoms with Gasteiger partial charge in [-0.05, 0) is 36.1 Å². The van der Waals surface area contributed by atoms with Crippen molar-refractivity contribution in [3.63, 3.8) is 0 Å². The zero-order valence-electron chi connectivity index (χ0n) is 9.73. The fraction of sp³-hybridized carbons (Fsp3) is 0.385. The van der Waals surface area contributed by atoms with Gasteiger partial charge in [-0.1, -0.05) is 6.07 Å². The van der Waals surface area contributed by atoms with E-state index in [-0.39, 0.29) is 0 Å². The standard InChI is InChI=1S/C13H13NO4/c15-11(13(3-4-13)12(16)17)14-10-2-1-8-6-18-7-9(8)5-10/h1-2,5H,3-4,6-7H2,(H,14,15)(H,16,17). The van der Waals surface area contributed by atoms with Crippen LogP contribution in [-0.4, -0.2) is 17.0 Å². The highest BCUT2D eigenvalue weighted by molar-refractivity contribution is 6.10. The molecule has 0 spiro atoms. The quantitative estimate of drug-likeness (QED) is 0.794. The van der Waals surface area contributed by atoms with Gasteiger partial charge >= 0.3 is 5.97 Å². The third-order valence-corrected chi connectivity index (χ3v) is 3.57. The third-order valence-electron chi connectivity index (χ3n) is 3.57. The maximum atomic E-state index is 11.9. The van der Waals surface area contributed by atoms with Crippen LogP contribution in [0, 0.1) is 5.41 Å². The Morgan fingerprint density at radius 2 is 1.94 bits per heavy atom. The number of fused-ring (bicyclic) bond motifs is 1. The Labute approximate surface area is 104 Å². The van der Waals surface area contributed by atoms with E-state index >= 15 is 0 Å². The molecule has 5 nitrogen and oxygen atoms in total. The van der Waals surface area contributed by atoms with Gasteiger partial charge in [0.1, 0.15) is 5.41 Å². The molecule has 1 aliphatic carbocycles. The van der Waals surface area contributed by atoms with Crippen molar-refractivity contribution in [1.29, 1.82) is 0 Å². The highest BCUT2D eigenvalue weighted by atomic mass is 16.5. The van der Waals surface area contributed by atoms with Gasteiger partial charge in [0.25, 0.3) is 0 Å². The van der Waals surface area contributed by atoms with E-state index < -0.39 is 17.3 Å². The van der Waals surface area contributed by atoms with Crippen molar-refractivity contribution < 1.29 is 19.4 Å². The number of nitrogens with one attached hydrogen (secondary N) is 1. The first-order valence-electron chi connectivity index (χ1n) is 5.86. The largest absolute Gasteiger partial charge is 0.480 e. The Hall–Kier alpha value is -1.88. The minimum atomic E-state index is -1.20. The second-order valence-corrected chi connectivity index (χ2v) is 4.82.